The van der Waals surface area contributed by atoms with Crippen molar-refractivity contribution in [2.45, 2.75) is 232 Å². The van der Waals surface area contributed by atoms with Crippen LogP contribution in [0.4, 0.5) is 0 Å². The van der Waals surface area contributed by atoms with Gasteiger partial charge in [-0.3, -0.25) is 9.97 Å². The molecule has 0 unspecified atom stereocenters. The summed E-state index contributed by atoms with van der Waals surface area (Å²) in [5, 5.41) is 0. The Hall–Kier alpha value is -7.94. The first-order valence-electron chi connectivity index (χ1n) is 38.1. The lowest BCUT2D eigenvalue weighted by Crippen LogP contribution is -2.25. The van der Waals surface area contributed by atoms with Gasteiger partial charge < -0.3 is 0 Å². The van der Waals surface area contributed by atoms with Gasteiger partial charge in [-0.15, -0.1) is 0 Å². The van der Waals surface area contributed by atoms with Crippen LogP contribution in [0.1, 0.15) is 241 Å². The van der Waals surface area contributed by atoms with Crippen molar-refractivity contribution < 1.29 is 0 Å². The largest absolute Gasteiger partial charge is 0.256 e. The maximum absolute atomic E-state index is 4.79. The van der Waals surface area contributed by atoms with Crippen molar-refractivity contribution in [2.24, 2.45) is 0 Å². The summed E-state index contributed by atoms with van der Waals surface area (Å²) < 4.78 is 0. The molecule has 12 rings (SSSR count). The summed E-state index contributed by atoms with van der Waals surface area (Å²) in [4.78, 5) is 9.48. The van der Waals surface area contributed by atoms with E-state index in [0.717, 1.165) is 35.4 Å². The lowest BCUT2D eigenvalue weighted by atomic mass is 9.69. The molecule has 0 spiro atoms. The van der Waals surface area contributed by atoms with E-state index >= 15 is 0 Å². The van der Waals surface area contributed by atoms with Gasteiger partial charge in [0.1, 0.15) is 0 Å². The fraction of sp³-hybridized carbons (Fsp3) is 0.383. The maximum Gasteiger partial charge on any atom is 0.0701 e. The molecule has 2 aromatic heterocycles. The smallest absolute Gasteiger partial charge is 0.0701 e. The summed E-state index contributed by atoms with van der Waals surface area (Å²) in [6.07, 6.45) is 39.7. The number of unbranched alkanes of at least 4 members (excludes halogenated alkanes) is 20. The molecule has 0 saturated heterocycles. The average Bonchev–Trinajstić information content (AvgIpc) is 1.57. The quantitative estimate of drug-likeness (QED) is 0.0370. The first kappa shape index (κ1) is 68.0. The van der Waals surface area contributed by atoms with E-state index in [2.05, 4.69) is 229 Å². The van der Waals surface area contributed by atoms with Crippen molar-refractivity contribution in [3.05, 3.63) is 240 Å². The Bertz CT molecular complexity index is 4100. The van der Waals surface area contributed by atoms with Crippen LogP contribution in [0.3, 0.4) is 0 Å². The van der Waals surface area contributed by atoms with Gasteiger partial charge in [-0.25, -0.2) is 0 Å². The minimum absolute atomic E-state index is 0.0114. The molecule has 0 fully saturated rings. The van der Waals surface area contributed by atoms with E-state index in [9.17, 15) is 0 Å². The second-order valence-corrected chi connectivity index (χ2v) is 29.0. The van der Waals surface area contributed by atoms with Crippen LogP contribution in [0.15, 0.2) is 207 Å². The topological polar surface area (TPSA) is 25.8 Å². The van der Waals surface area contributed by atoms with Crippen LogP contribution in [0.5, 0.6) is 0 Å². The van der Waals surface area contributed by atoms with Crippen molar-refractivity contribution in [2.75, 3.05) is 0 Å². The van der Waals surface area contributed by atoms with E-state index < -0.39 is 0 Å². The average molecular weight is 1270 g/mol. The normalized spacial score (nSPS) is 13.2. The molecular formula is C94H108N2. The standard InChI is InChI=1S/C94H108N2/c1-7-11-15-19-23-29-57-93(58-30-24-20-16-12-8-2)87-64-70(6)38-52-81(87)83-55-50-78(68-89(83)93)80-53-47-75(65-86(80)72-41-45-74(46-42-72)92-36-28-34-62-96-92)76-48-54-82-84-56-49-77(79-51-37-69(5)63-85(79)71-39-43-73(44-40-71)91-35-27-33-61-95-91)67-90(84)94(88(82)66-76,59-31-25-21-17-13-9-3)60-32-26-22-18-14-10-4/h27-28,33-56,61-68H,7-26,29-32,57-60H2,1-6H3. The second kappa shape index (κ2) is 32.9. The van der Waals surface area contributed by atoms with E-state index in [1.807, 2.05) is 24.5 Å². The third kappa shape index (κ3) is 15.3. The molecular weight excluding hydrogens is 1160 g/mol. The molecule has 0 saturated carbocycles. The lowest BCUT2D eigenvalue weighted by Gasteiger charge is -2.34. The summed E-state index contributed by atoms with van der Waals surface area (Å²) in [6.45, 7) is 13.9. The van der Waals surface area contributed by atoms with E-state index in [1.54, 1.807) is 11.1 Å². The van der Waals surface area contributed by atoms with Gasteiger partial charge in [-0.1, -0.05) is 339 Å². The second-order valence-electron chi connectivity index (χ2n) is 29.0. The molecule has 2 heterocycles. The molecule has 8 aromatic carbocycles. The Morgan fingerprint density at radius 2 is 0.521 bits per heavy atom. The summed E-state index contributed by atoms with van der Waals surface area (Å²) >= 11 is 0. The highest BCUT2D eigenvalue weighted by atomic mass is 14.7. The third-order valence-corrected chi connectivity index (χ3v) is 22.2. The van der Waals surface area contributed by atoms with E-state index in [1.165, 1.54) is 267 Å². The van der Waals surface area contributed by atoms with Gasteiger partial charge in [0, 0.05) is 34.4 Å². The van der Waals surface area contributed by atoms with Crippen LogP contribution in [0, 0.1) is 13.8 Å². The molecule has 2 nitrogen and oxygen atoms in total. The number of hydrogen-bond acceptors (Lipinski definition) is 2. The first-order chi connectivity index (χ1) is 47.2. The summed E-state index contributed by atoms with van der Waals surface area (Å²) in [5.74, 6) is 0. The highest BCUT2D eigenvalue weighted by molar-refractivity contribution is 5.93. The van der Waals surface area contributed by atoms with Crippen molar-refractivity contribution in [1.29, 1.82) is 0 Å². The molecule has 2 aliphatic rings. The SMILES string of the molecule is CCCCCCCCC1(CCCCCCCC)c2cc(C)ccc2-c2ccc(-c3ccc(-c4ccc5c(c4)C(CCCCCCCC)(CCCCCCCC)c4cc(-c6ccc(C)cc6-c6ccc(-c7ccccn7)cc6)ccc4-5)cc3-c3ccc(-c4ccccn4)cc3)cc21. The number of aryl methyl sites for hydroxylation is 2. The molecule has 10 aromatic rings. The van der Waals surface area contributed by atoms with Crippen molar-refractivity contribution in [3.8, 4) is 100 Å². The number of benzene rings is 8. The number of hydrogen-bond donors (Lipinski definition) is 0. The Kier molecular flexibility index (Phi) is 23.3. The van der Waals surface area contributed by atoms with Gasteiger partial charge in [0.25, 0.3) is 0 Å². The van der Waals surface area contributed by atoms with Crippen LogP contribution < -0.4 is 0 Å². The Labute approximate surface area is 579 Å². The van der Waals surface area contributed by atoms with Crippen molar-refractivity contribution in [3.63, 3.8) is 0 Å². The maximum atomic E-state index is 4.79. The number of fused-ring (bicyclic) bond motifs is 6. The van der Waals surface area contributed by atoms with E-state index in [4.69, 9.17) is 4.98 Å². The van der Waals surface area contributed by atoms with Crippen molar-refractivity contribution in [1.82, 2.24) is 9.97 Å². The molecule has 96 heavy (non-hydrogen) atoms. The molecule has 0 radical (unpaired) electrons. The minimum atomic E-state index is -0.122. The summed E-state index contributed by atoms with van der Waals surface area (Å²) in [6, 6.07) is 75.8. The van der Waals surface area contributed by atoms with Crippen LogP contribution in [-0.4, -0.2) is 9.97 Å². The fourth-order valence-corrected chi connectivity index (χ4v) is 16.8. The van der Waals surface area contributed by atoms with Gasteiger partial charge >= 0.3 is 0 Å². The number of nitrogens with zero attached hydrogens (tertiary/aromatic N) is 2. The predicted octanol–water partition coefficient (Wildman–Crippen LogP) is 28.3. The van der Waals surface area contributed by atoms with Gasteiger partial charge in [-0.2, -0.15) is 0 Å². The summed E-state index contributed by atoms with van der Waals surface area (Å²) in [5.41, 5.74) is 31.6. The molecule has 2 aliphatic carbocycles. The van der Waals surface area contributed by atoms with Crippen LogP contribution in [0.2, 0.25) is 0 Å². The number of aromatic nitrogens is 2. The molecule has 2 heteroatoms. The van der Waals surface area contributed by atoms with Crippen LogP contribution in [-0.2, 0) is 10.8 Å². The van der Waals surface area contributed by atoms with Crippen LogP contribution >= 0.6 is 0 Å². The molecule has 494 valence electrons. The van der Waals surface area contributed by atoms with Gasteiger partial charge in [0.05, 0.1) is 11.4 Å². The zero-order chi connectivity index (χ0) is 66.1. The highest BCUT2D eigenvalue weighted by Gasteiger charge is 2.44. The van der Waals surface area contributed by atoms with Crippen molar-refractivity contribution >= 4 is 0 Å². The Morgan fingerprint density at radius 3 is 0.917 bits per heavy atom. The third-order valence-electron chi connectivity index (χ3n) is 22.2. The van der Waals surface area contributed by atoms with Gasteiger partial charge in [0.15, 0.2) is 0 Å². The zero-order valence-electron chi connectivity index (χ0n) is 59.3. The highest BCUT2D eigenvalue weighted by Crippen LogP contribution is 2.58. The van der Waals surface area contributed by atoms with E-state index in [-0.39, 0.29) is 10.8 Å². The number of rotatable bonds is 35. The van der Waals surface area contributed by atoms with Gasteiger partial charge in [-0.05, 0) is 188 Å². The minimum Gasteiger partial charge on any atom is -0.256 e. The first-order valence-corrected chi connectivity index (χ1v) is 38.1. The predicted molar refractivity (Wildman–Crippen MR) is 414 cm³/mol. The Morgan fingerprint density at radius 1 is 0.229 bits per heavy atom. The lowest BCUT2D eigenvalue weighted by molar-refractivity contribution is 0.398. The molecule has 0 aliphatic heterocycles. The molecule has 0 atom stereocenters. The Balaban J connectivity index is 0.977. The van der Waals surface area contributed by atoms with Gasteiger partial charge in [0.2, 0.25) is 0 Å². The summed E-state index contributed by atoms with van der Waals surface area (Å²) in [7, 11) is 0. The number of pyridine rings is 2. The van der Waals surface area contributed by atoms with Crippen LogP contribution in [0.25, 0.3) is 100 Å². The zero-order valence-corrected chi connectivity index (χ0v) is 59.3. The van der Waals surface area contributed by atoms with E-state index in [0.29, 0.717) is 0 Å². The molecule has 0 amide bonds. The fourth-order valence-electron chi connectivity index (χ4n) is 16.8. The molecule has 0 bridgehead atoms. The molecule has 0 N–H and O–H groups in total. The monoisotopic (exact) mass is 1260 g/mol.